The normalized spacial score (nSPS) is 13.8. The fourth-order valence-corrected chi connectivity index (χ4v) is 2.22. The molecule has 0 saturated heterocycles. The molecule has 146 valence electrons. The van der Waals surface area contributed by atoms with Gasteiger partial charge in [-0.05, 0) is 65.9 Å². The SMILES string of the molecule is C[C@@H](c1ccc(NC(=O)[C@H](CCO)NC(=O)OC(C)(C)C)cc1)N(C)C. The molecule has 0 bridgehead atoms. The van der Waals surface area contributed by atoms with Crippen LogP contribution < -0.4 is 10.6 Å². The van der Waals surface area contributed by atoms with E-state index < -0.39 is 23.6 Å². The summed E-state index contributed by atoms with van der Waals surface area (Å²) in [7, 11) is 4.00. The van der Waals surface area contributed by atoms with Crippen LogP contribution in [-0.2, 0) is 9.53 Å². The Morgan fingerprint density at radius 2 is 1.77 bits per heavy atom. The van der Waals surface area contributed by atoms with Crippen molar-refractivity contribution in [3.05, 3.63) is 29.8 Å². The van der Waals surface area contributed by atoms with E-state index in [0.717, 1.165) is 5.56 Å². The maximum Gasteiger partial charge on any atom is 0.408 e. The van der Waals surface area contributed by atoms with Gasteiger partial charge in [0.15, 0.2) is 0 Å². The highest BCUT2D eigenvalue weighted by atomic mass is 16.6. The molecule has 26 heavy (non-hydrogen) atoms. The lowest BCUT2D eigenvalue weighted by atomic mass is 10.1. The molecule has 0 heterocycles. The van der Waals surface area contributed by atoms with Gasteiger partial charge in [-0.1, -0.05) is 12.1 Å². The van der Waals surface area contributed by atoms with Crippen LogP contribution in [-0.4, -0.2) is 54.4 Å². The molecule has 0 saturated carbocycles. The zero-order valence-electron chi connectivity index (χ0n) is 16.5. The lowest BCUT2D eigenvalue weighted by Gasteiger charge is -2.23. The van der Waals surface area contributed by atoms with Crippen LogP contribution in [0.5, 0.6) is 0 Å². The maximum atomic E-state index is 12.4. The van der Waals surface area contributed by atoms with Gasteiger partial charge in [-0.15, -0.1) is 0 Å². The van der Waals surface area contributed by atoms with E-state index in [1.807, 2.05) is 38.4 Å². The van der Waals surface area contributed by atoms with Gasteiger partial charge in [-0.3, -0.25) is 4.79 Å². The summed E-state index contributed by atoms with van der Waals surface area (Å²) in [6.45, 7) is 7.08. The number of carbonyl (C=O) groups excluding carboxylic acids is 2. The van der Waals surface area contributed by atoms with Crippen LogP contribution in [0.1, 0.15) is 45.7 Å². The minimum Gasteiger partial charge on any atom is -0.444 e. The largest absolute Gasteiger partial charge is 0.444 e. The van der Waals surface area contributed by atoms with E-state index in [-0.39, 0.29) is 19.1 Å². The average molecular weight is 365 g/mol. The molecule has 2 atom stereocenters. The van der Waals surface area contributed by atoms with Crippen LogP contribution in [0.15, 0.2) is 24.3 Å². The molecule has 0 spiro atoms. The lowest BCUT2D eigenvalue weighted by Crippen LogP contribution is -2.46. The number of rotatable bonds is 7. The fourth-order valence-electron chi connectivity index (χ4n) is 2.22. The van der Waals surface area contributed by atoms with Crippen LogP contribution in [0.2, 0.25) is 0 Å². The maximum absolute atomic E-state index is 12.4. The van der Waals surface area contributed by atoms with Crippen molar-refractivity contribution in [2.45, 2.75) is 51.8 Å². The summed E-state index contributed by atoms with van der Waals surface area (Å²) < 4.78 is 5.16. The molecule has 0 fully saturated rings. The van der Waals surface area contributed by atoms with E-state index >= 15 is 0 Å². The van der Waals surface area contributed by atoms with Gasteiger partial charge in [0, 0.05) is 18.3 Å². The molecule has 1 rings (SSSR count). The Morgan fingerprint density at radius 3 is 2.23 bits per heavy atom. The summed E-state index contributed by atoms with van der Waals surface area (Å²) in [6, 6.07) is 6.91. The molecule has 0 radical (unpaired) electrons. The smallest absolute Gasteiger partial charge is 0.408 e. The second-order valence-corrected chi connectivity index (χ2v) is 7.46. The Bertz CT molecular complexity index is 594. The van der Waals surface area contributed by atoms with E-state index in [1.54, 1.807) is 20.8 Å². The van der Waals surface area contributed by atoms with Gasteiger partial charge in [0.05, 0.1) is 0 Å². The van der Waals surface area contributed by atoms with E-state index in [4.69, 9.17) is 9.84 Å². The van der Waals surface area contributed by atoms with Crippen LogP contribution in [0.3, 0.4) is 0 Å². The third-order valence-electron chi connectivity index (χ3n) is 3.86. The number of carbonyl (C=O) groups is 2. The van der Waals surface area contributed by atoms with Gasteiger partial charge in [-0.2, -0.15) is 0 Å². The number of ether oxygens (including phenoxy) is 1. The Kier molecular flexibility index (Phi) is 8.05. The molecule has 0 aliphatic rings. The van der Waals surface area contributed by atoms with Crippen LogP contribution in [0.25, 0.3) is 0 Å². The molecular formula is C19H31N3O4. The molecular weight excluding hydrogens is 334 g/mol. The topological polar surface area (TPSA) is 90.9 Å². The van der Waals surface area contributed by atoms with Gasteiger partial charge in [-0.25, -0.2) is 4.79 Å². The summed E-state index contributed by atoms with van der Waals surface area (Å²) in [5.41, 5.74) is 1.09. The first-order valence-corrected chi connectivity index (χ1v) is 8.71. The fraction of sp³-hybridized carbons (Fsp3) is 0.579. The third kappa shape index (κ3) is 7.41. The molecule has 0 aliphatic carbocycles. The molecule has 1 aromatic rings. The highest BCUT2D eigenvalue weighted by Crippen LogP contribution is 2.19. The Labute approximate surface area is 155 Å². The first-order chi connectivity index (χ1) is 12.0. The number of anilines is 1. The minimum absolute atomic E-state index is 0.0980. The highest BCUT2D eigenvalue weighted by molar-refractivity contribution is 5.96. The molecule has 0 aliphatic heterocycles. The van der Waals surface area contributed by atoms with Crippen LogP contribution >= 0.6 is 0 Å². The number of aliphatic hydroxyl groups excluding tert-OH is 1. The zero-order valence-corrected chi connectivity index (χ0v) is 16.5. The predicted molar refractivity (Wildman–Crippen MR) is 102 cm³/mol. The van der Waals surface area contributed by atoms with Crippen molar-refractivity contribution in [2.24, 2.45) is 0 Å². The summed E-state index contributed by atoms with van der Waals surface area (Å²) in [5.74, 6) is -0.404. The van der Waals surface area contributed by atoms with Gasteiger partial charge >= 0.3 is 6.09 Å². The summed E-state index contributed by atoms with van der Waals surface area (Å²) in [4.78, 5) is 26.4. The average Bonchev–Trinajstić information content (AvgIpc) is 2.52. The molecule has 2 amide bonds. The van der Waals surface area contributed by atoms with Crippen molar-refractivity contribution in [1.29, 1.82) is 0 Å². The Morgan fingerprint density at radius 1 is 1.19 bits per heavy atom. The van der Waals surface area contributed by atoms with Crippen molar-refractivity contribution in [2.75, 3.05) is 26.0 Å². The Balaban J connectivity index is 2.73. The summed E-state index contributed by atoms with van der Waals surface area (Å²) >= 11 is 0. The van der Waals surface area contributed by atoms with E-state index in [2.05, 4.69) is 22.5 Å². The first kappa shape index (κ1) is 21.9. The molecule has 3 N–H and O–H groups in total. The van der Waals surface area contributed by atoms with Crippen LogP contribution in [0.4, 0.5) is 10.5 Å². The van der Waals surface area contributed by atoms with E-state index in [0.29, 0.717) is 5.69 Å². The van der Waals surface area contributed by atoms with E-state index in [9.17, 15) is 9.59 Å². The standard InChI is InChI=1S/C19H31N3O4/c1-13(22(5)6)14-7-9-15(10-8-14)20-17(24)16(11-12-23)21-18(25)26-19(2,3)4/h7-10,13,16,23H,11-12H2,1-6H3,(H,20,24)(H,21,25)/t13-,16-/m0/s1. The number of hydrogen-bond donors (Lipinski definition) is 3. The van der Waals surface area contributed by atoms with Crippen molar-refractivity contribution < 1.29 is 19.4 Å². The predicted octanol–water partition coefficient (Wildman–Crippen LogP) is 2.52. The van der Waals surface area contributed by atoms with Gasteiger partial charge < -0.3 is 25.4 Å². The third-order valence-corrected chi connectivity index (χ3v) is 3.86. The molecule has 0 aromatic heterocycles. The first-order valence-electron chi connectivity index (χ1n) is 8.71. The second-order valence-electron chi connectivity index (χ2n) is 7.46. The number of nitrogens with one attached hydrogen (secondary N) is 2. The van der Waals surface area contributed by atoms with E-state index in [1.165, 1.54) is 0 Å². The number of hydrogen-bond acceptors (Lipinski definition) is 5. The second kappa shape index (κ2) is 9.54. The number of nitrogens with zero attached hydrogens (tertiary/aromatic N) is 1. The van der Waals surface area contributed by atoms with Crippen molar-refractivity contribution in [3.63, 3.8) is 0 Å². The van der Waals surface area contributed by atoms with Gasteiger partial charge in [0.25, 0.3) is 0 Å². The minimum atomic E-state index is -0.879. The number of benzene rings is 1. The molecule has 7 nitrogen and oxygen atoms in total. The monoisotopic (exact) mass is 365 g/mol. The molecule has 7 heteroatoms. The Hall–Kier alpha value is -2.12. The van der Waals surface area contributed by atoms with Crippen molar-refractivity contribution in [3.8, 4) is 0 Å². The van der Waals surface area contributed by atoms with Crippen molar-refractivity contribution >= 4 is 17.7 Å². The summed E-state index contributed by atoms with van der Waals surface area (Å²) in [5, 5.41) is 14.4. The molecule has 1 aromatic carbocycles. The number of amides is 2. The lowest BCUT2D eigenvalue weighted by molar-refractivity contribution is -0.118. The van der Waals surface area contributed by atoms with Crippen molar-refractivity contribution in [1.82, 2.24) is 10.2 Å². The summed E-state index contributed by atoms with van der Waals surface area (Å²) in [6.07, 6.45) is -0.595. The number of alkyl carbamates (subject to hydrolysis) is 1. The zero-order chi connectivity index (χ0) is 19.9. The van der Waals surface area contributed by atoms with Gasteiger partial charge in [0.1, 0.15) is 11.6 Å². The quantitative estimate of drug-likeness (QED) is 0.691. The van der Waals surface area contributed by atoms with Crippen LogP contribution in [0, 0.1) is 0 Å². The van der Waals surface area contributed by atoms with Gasteiger partial charge in [0.2, 0.25) is 5.91 Å². The highest BCUT2D eigenvalue weighted by Gasteiger charge is 2.24. The molecule has 0 unspecified atom stereocenters. The number of aliphatic hydroxyl groups is 1.